The molecule has 0 spiro atoms. The summed E-state index contributed by atoms with van der Waals surface area (Å²) in [7, 11) is 3.64. The maximum atomic E-state index is 13.8. The Morgan fingerprint density at radius 3 is 2.35 bits per heavy atom. The van der Waals surface area contributed by atoms with Crippen molar-refractivity contribution in [2.24, 2.45) is 5.92 Å². The quantitative estimate of drug-likeness (QED) is 0.826. The number of likely N-dealkylation sites (N-methyl/N-ethyl adjacent to an activating group) is 1. The molecular weight excluding hydrogens is 306 g/mol. The van der Waals surface area contributed by atoms with Crippen LogP contribution < -0.4 is 0 Å². The third kappa shape index (κ3) is 4.25. The standard InChI is InChI=1S/C16H20F2N2O3/c1-19(2)6-7-20(9-14(21)22)16(23)11-8-10(11)15-12(17)4-3-5-13(15)18/h3-5,10-11H,6-9H2,1-2H3,(H,21,22)/t10-,11+/m1/s1. The minimum Gasteiger partial charge on any atom is -0.480 e. The molecule has 7 heteroatoms. The molecule has 0 aliphatic heterocycles. The summed E-state index contributed by atoms with van der Waals surface area (Å²) in [5.74, 6) is -3.86. The zero-order chi connectivity index (χ0) is 17.1. The number of aliphatic carboxylic acids is 1. The van der Waals surface area contributed by atoms with E-state index in [1.807, 2.05) is 19.0 Å². The summed E-state index contributed by atoms with van der Waals surface area (Å²) >= 11 is 0. The Morgan fingerprint density at radius 2 is 1.83 bits per heavy atom. The molecule has 0 bridgehead atoms. The summed E-state index contributed by atoms with van der Waals surface area (Å²) in [5, 5.41) is 8.94. The maximum absolute atomic E-state index is 13.8. The Bertz CT molecular complexity index is 587. The van der Waals surface area contributed by atoms with Gasteiger partial charge in [-0.2, -0.15) is 0 Å². The second kappa shape index (κ2) is 7.04. The van der Waals surface area contributed by atoms with Crippen LogP contribution in [0.4, 0.5) is 8.78 Å². The van der Waals surface area contributed by atoms with Gasteiger partial charge in [-0.15, -0.1) is 0 Å². The summed E-state index contributed by atoms with van der Waals surface area (Å²) in [6.07, 6.45) is 0.342. The van der Waals surface area contributed by atoms with Gasteiger partial charge in [0.2, 0.25) is 5.91 Å². The van der Waals surface area contributed by atoms with Crippen LogP contribution in [0.25, 0.3) is 0 Å². The monoisotopic (exact) mass is 326 g/mol. The third-order valence-electron chi connectivity index (χ3n) is 3.93. The molecule has 0 radical (unpaired) electrons. The maximum Gasteiger partial charge on any atom is 0.323 e. The zero-order valence-electron chi connectivity index (χ0n) is 13.1. The largest absolute Gasteiger partial charge is 0.480 e. The molecule has 0 heterocycles. The highest BCUT2D eigenvalue weighted by Crippen LogP contribution is 2.50. The first kappa shape index (κ1) is 17.3. The van der Waals surface area contributed by atoms with Crippen molar-refractivity contribution in [3.8, 4) is 0 Å². The van der Waals surface area contributed by atoms with Crippen LogP contribution in [0.15, 0.2) is 18.2 Å². The van der Waals surface area contributed by atoms with Crippen molar-refractivity contribution in [2.75, 3.05) is 33.7 Å². The molecule has 2 rings (SSSR count). The molecule has 1 aliphatic carbocycles. The van der Waals surface area contributed by atoms with Crippen molar-refractivity contribution in [2.45, 2.75) is 12.3 Å². The molecule has 1 N–H and O–H groups in total. The summed E-state index contributed by atoms with van der Waals surface area (Å²) in [4.78, 5) is 26.5. The van der Waals surface area contributed by atoms with E-state index in [1.165, 1.54) is 23.1 Å². The number of hydrogen-bond donors (Lipinski definition) is 1. The van der Waals surface area contributed by atoms with Crippen LogP contribution in [0.1, 0.15) is 17.9 Å². The Kier molecular flexibility index (Phi) is 5.30. The SMILES string of the molecule is CN(C)CCN(CC(=O)O)C(=O)[C@H]1C[C@H]1c1c(F)cccc1F. The second-order valence-corrected chi connectivity index (χ2v) is 6.04. The van der Waals surface area contributed by atoms with Crippen molar-refractivity contribution in [1.82, 2.24) is 9.80 Å². The molecule has 1 aliphatic rings. The third-order valence-corrected chi connectivity index (χ3v) is 3.93. The number of carbonyl (C=O) groups excluding carboxylic acids is 1. The number of carbonyl (C=O) groups is 2. The van der Waals surface area contributed by atoms with Crippen LogP contribution >= 0.6 is 0 Å². The van der Waals surface area contributed by atoms with Gasteiger partial charge in [0.15, 0.2) is 0 Å². The first-order valence-electron chi connectivity index (χ1n) is 7.40. The number of hydrogen-bond acceptors (Lipinski definition) is 3. The highest BCUT2D eigenvalue weighted by Gasteiger charge is 2.48. The van der Waals surface area contributed by atoms with Crippen LogP contribution in [0, 0.1) is 17.6 Å². The normalized spacial score (nSPS) is 19.7. The van der Waals surface area contributed by atoms with E-state index in [4.69, 9.17) is 5.11 Å². The van der Waals surface area contributed by atoms with E-state index in [1.54, 1.807) is 0 Å². The van der Waals surface area contributed by atoms with Gasteiger partial charge < -0.3 is 14.9 Å². The number of nitrogens with zero attached hydrogens (tertiary/aromatic N) is 2. The average Bonchev–Trinajstić information content (AvgIpc) is 3.22. The molecule has 1 amide bonds. The van der Waals surface area contributed by atoms with Crippen molar-refractivity contribution in [1.29, 1.82) is 0 Å². The Balaban J connectivity index is 2.08. The molecule has 5 nitrogen and oxygen atoms in total. The fraction of sp³-hybridized carbons (Fsp3) is 0.500. The van der Waals surface area contributed by atoms with E-state index in [0.717, 1.165) is 0 Å². The summed E-state index contributed by atoms with van der Waals surface area (Å²) in [6.45, 7) is 0.376. The molecule has 1 fully saturated rings. The van der Waals surface area contributed by atoms with Gasteiger partial charge >= 0.3 is 5.97 Å². The van der Waals surface area contributed by atoms with Gasteiger partial charge in [0.1, 0.15) is 18.2 Å². The molecule has 126 valence electrons. The van der Waals surface area contributed by atoms with E-state index in [0.29, 0.717) is 13.0 Å². The molecule has 1 aromatic carbocycles. The number of carboxylic acid groups (broad SMARTS) is 1. The lowest BCUT2D eigenvalue weighted by molar-refractivity contribution is -0.145. The van der Waals surface area contributed by atoms with E-state index in [-0.39, 0.29) is 18.0 Å². The fourth-order valence-corrected chi connectivity index (χ4v) is 2.64. The van der Waals surface area contributed by atoms with Gasteiger partial charge in [-0.3, -0.25) is 9.59 Å². The number of amides is 1. The fourth-order valence-electron chi connectivity index (χ4n) is 2.64. The number of rotatable bonds is 7. The minimum atomic E-state index is -1.11. The summed E-state index contributed by atoms with van der Waals surface area (Å²) in [5.41, 5.74) is -0.0752. The predicted molar refractivity (Wildman–Crippen MR) is 80.0 cm³/mol. The van der Waals surface area contributed by atoms with Gasteiger partial charge in [-0.25, -0.2) is 8.78 Å². The molecule has 1 aromatic rings. The summed E-state index contributed by atoms with van der Waals surface area (Å²) < 4.78 is 27.6. The van der Waals surface area contributed by atoms with Gasteiger partial charge in [-0.1, -0.05) is 6.07 Å². The van der Waals surface area contributed by atoms with Gasteiger partial charge in [0, 0.05) is 30.5 Å². The molecule has 0 saturated heterocycles. The smallest absolute Gasteiger partial charge is 0.323 e. The Morgan fingerprint density at radius 1 is 1.22 bits per heavy atom. The average molecular weight is 326 g/mol. The van der Waals surface area contributed by atoms with Gasteiger partial charge in [0.25, 0.3) is 0 Å². The lowest BCUT2D eigenvalue weighted by atomic mass is 10.1. The van der Waals surface area contributed by atoms with Crippen LogP contribution in [0.5, 0.6) is 0 Å². The first-order valence-corrected chi connectivity index (χ1v) is 7.40. The number of halogens is 2. The summed E-state index contributed by atoms with van der Waals surface area (Å²) in [6, 6.07) is 3.61. The number of carboxylic acids is 1. The van der Waals surface area contributed by atoms with Crippen molar-refractivity contribution in [3.63, 3.8) is 0 Å². The molecule has 0 unspecified atom stereocenters. The topological polar surface area (TPSA) is 60.9 Å². The van der Waals surface area contributed by atoms with Crippen molar-refractivity contribution < 1.29 is 23.5 Å². The molecule has 1 saturated carbocycles. The highest BCUT2D eigenvalue weighted by atomic mass is 19.1. The molecule has 0 aromatic heterocycles. The molecule has 2 atom stereocenters. The number of benzene rings is 1. The van der Waals surface area contributed by atoms with Crippen LogP contribution in [0.2, 0.25) is 0 Å². The van der Waals surface area contributed by atoms with E-state index < -0.39 is 36.0 Å². The van der Waals surface area contributed by atoms with Gasteiger partial charge in [-0.05, 0) is 32.6 Å². The lowest BCUT2D eigenvalue weighted by Gasteiger charge is -2.23. The molecular formula is C16H20F2N2O3. The van der Waals surface area contributed by atoms with E-state index >= 15 is 0 Å². The molecule has 23 heavy (non-hydrogen) atoms. The van der Waals surface area contributed by atoms with E-state index in [9.17, 15) is 18.4 Å². The Labute approximate surface area is 133 Å². The predicted octanol–water partition coefficient (Wildman–Crippen LogP) is 1.54. The van der Waals surface area contributed by atoms with Crippen LogP contribution in [0.3, 0.4) is 0 Å². The highest BCUT2D eigenvalue weighted by molar-refractivity contribution is 5.86. The van der Waals surface area contributed by atoms with Crippen LogP contribution in [-0.4, -0.2) is 60.5 Å². The van der Waals surface area contributed by atoms with E-state index in [2.05, 4.69) is 0 Å². The van der Waals surface area contributed by atoms with Crippen LogP contribution in [-0.2, 0) is 9.59 Å². The van der Waals surface area contributed by atoms with Crippen molar-refractivity contribution in [3.05, 3.63) is 35.4 Å². The lowest BCUT2D eigenvalue weighted by Crippen LogP contribution is -2.41. The first-order chi connectivity index (χ1) is 10.8. The minimum absolute atomic E-state index is 0.0752. The Hall–Kier alpha value is -2.02. The second-order valence-electron chi connectivity index (χ2n) is 6.04. The van der Waals surface area contributed by atoms with Crippen molar-refractivity contribution >= 4 is 11.9 Å². The zero-order valence-corrected chi connectivity index (χ0v) is 13.1. The van der Waals surface area contributed by atoms with Gasteiger partial charge in [0.05, 0.1) is 0 Å².